The fourth-order valence-electron chi connectivity index (χ4n) is 5.08. The molecule has 1 N–H and O–H groups in total. The van der Waals surface area contributed by atoms with Gasteiger partial charge in [-0.2, -0.15) is 13.2 Å². The molecule has 0 bridgehead atoms. The quantitative estimate of drug-likeness (QED) is 0.456. The fourth-order valence-corrected chi connectivity index (χ4v) is 5.08. The summed E-state index contributed by atoms with van der Waals surface area (Å²) in [4.78, 5) is 23.4. The Bertz CT molecular complexity index is 1310. The summed E-state index contributed by atoms with van der Waals surface area (Å²) >= 11 is 0. The molecule has 2 aliphatic heterocycles. The average Bonchev–Trinajstić information content (AvgIpc) is 3.21. The minimum atomic E-state index is -4.42. The molecule has 0 aliphatic carbocycles. The summed E-state index contributed by atoms with van der Waals surface area (Å²) in [5, 5.41) is 13.4. The second-order valence-corrected chi connectivity index (χ2v) is 9.61. The normalized spacial score (nSPS) is 20.4. The molecule has 5 rings (SSSR count). The first-order valence-corrected chi connectivity index (χ1v) is 12.1. The number of carboxylic acids is 1. The maximum absolute atomic E-state index is 13.5. The Hall–Kier alpha value is -3.72. The van der Waals surface area contributed by atoms with Crippen LogP contribution in [0.25, 0.3) is 11.1 Å². The van der Waals surface area contributed by atoms with E-state index < -0.39 is 23.3 Å². The number of carbonyl (C=O) groups is 1. The molecule has 3 aromatic rings. The van der Waals surface area contributed by atoms with Crippen molar-refractivity contribution >= 4 is 11.7 Å². The van der Waals surface area contributed by atoms with Crippen LogP contribution in [0.1, 0.15) is 52.7 Å². The van der Waals surface area contributed by atoms with Crippen LogP contribution in [0.15, 0.2) is 72.1 Å². The molecule has 0 amide bonds. The van der Waals surface area contributed by atoms with Crippen LogP contribution in [0, 0.1) is 0 Å². The zero-order valence-electron chi connectivity index (χ0n) is 20.0. The SMILES string of the molecule is O=C(O)c1ccc(C2=NOC3(CCCN(Cc4cc(C(F)(F)F)ccc4-c4cccnc4)CC3)C2)cc1. The van der Waals surface area contributed by atoms with E-state index in [0.29, 0.717) is 31.5 Å². The molecule has 6 nitrogen and oxygen atoms in total. The number of likely N-dealkylation sites (tertiary alicyclic amines) is 1. The van der Waals surface area contributed by atoms with Crippen LogP contribution in [-0.2, 0) is 17.6 Å². The molecule has 1 atom stereocenters. The molecule has 37 heavy (non-hydrogen) atoms. The van der Waals surface area contributed by atoms with Crippen LogP contribution in [-0.4, -0.2) is 45.4 Å². The molecule has 2 aliphatic rings. The van der Waals surface area contributed by atoms with Crippen LogP contribution in [0.5, 0.6) is 0 Å². The van der Waals surface area contributed by atoms with E-state index in [1.165, 1.54) is 12.1 Å². The fraction of sp³-hybridized carbons (Fsp3) is 0.321. The van der Waals surface area contributed by atoms with Crippen molar-refractivity contribution in [1.29, 1.82) is 0 Å². The van der Waals surface area contributed by atoms with Gasteiger partial charge in [-0.3, -0.25) is 9.88 Å². The molecular weight excluding hydrogens is 483 g/mol. The highest BCUT2D eigenvalue weighted by molar-refractivity contribution is 6.02. The summed E-state index contributed by atoms with van der Waals surface area (Å²) in [6.45, 7) is 1.77. The van der Waals surface area contributed by atoms with E-state index in [1.807, 2.05) is 6.07 Å². The lowest BCUT2D eigenvalue weighted by molar-refractivity contribution is -0.137. The van der Waals surface area contributed by atoms with Crippen molar-refractivity contribution in [2.24, 2.45) is 5.16 Å². The molecule has 1 fully saturated rings. The van der Waals surface area contributed by atoms with Crippen molar-refractivity contribution in [2.45, 2.75) is 44.0 Å². The highest BCUT2D eigenvalue weighted by atomic mass is 19.4. The van der Waals surface area contributed by atoms with Gasteiger partial charge in [0, 0.05) is 43.9 Å². The molecule has 1 unspecified atom stereocenters. The van der Waals surface area contributed by atoms with Crippen molar-refractivity contribution in [3.8, 4) is 11.1 Å². The molecule has 192 valence electrons. The number of pyridine rings is 1. The van der Waals surface area contributed by atoms with Crippen molar-refractivity contribution in [1.82, 2.24) is 9.88 Å². The number of halogens is 3. The molecule has 1 aromatic heterocycles. The van der Waals surface area contributed by atoms with Gasteiger partial charge in [0.15, 0.2) is 0 Å². The predicted octanol–water partition coefficient (Wildman–Crippen LogP) is 6.01. The Morgan fingerprint density at radius 1 is 1.05 bits per heavy atom. The number of benzene rings is 2. The van der Waals surface area contributed by atoms with Crippen molar-refractivity contribution in [3.63, 3.8) is 0 Å². The van der Waals surface area contributed by atoms with Crippen LogP contribution in [0.2, 0.25) is 0 Å². The number of alkyl halides is 3. The molecule has 9 heteroatoms. The predicted molar refractivity (Wildman–Crippen MR) is 132 cm³/mol. The Balaban J connectivity index is 1.30. The van der Waals surface area contributed by atoms with Crippen molar-refractivity contribution < 1.29 is 27.9 Å². The summed E-state index contributed by atoms with van der Waals surface area (Å²) < 4.78 is 40.5. The number of hydrogen-bond acceptors (Lipinski definition) is 5. The lowest BCUT2D eigenvalue weighted by Gasteiger charge is -2.26. The van der Waals surface area contributed by atoms with Gasteiger partial charge in [0.1, 0.15) is 5.60 Å². The number of oxime groups is 1. The number of aromatic carboxylic acids is 1. The second kappa shape index (κ2) is 9.97. The third-order valence-electron chi connectivity index (χ3n) is 7.09. The standard InChI is InChI=1S/C28H26F3N3O3/c29-28(30,31)23-8-9-24(21-3-1-12-32-17-21)22(15-23)18-34-13-2-10-27(11-14-34)16-25(33-37-27)19-4-6-20(7-5-19)26(35)36/h1,3-9,12,15,17H,2,10-11,13-14,16,18H2,(H,35,36). The third kappa shape index (κ3) is 5.51. The Labute approximate surface area is 212 Å². The maximum Gasteiger partial charge on any atom is 0.416 e. The van der Waals surface area contributed by atoms with Gasteiger partial charge in [-0.15, -0.1) is 0 Å². The molecule has 1 saturated heterocycles. The molecule has 3 heterocycles. The van der Waals surface area contributed by atoms with Crippen LogP contribution < -0.4 is 0 Å². The summed E-state index contributed by atoms with van der Waals surface area (Å²) in [6.07, 6.45) is 1.78. The second-order valence-electron chi connectivity index (χ2n) is 9.61. The minimum absolute atomic E-state index is 0.211. The van der Waals surface area contributed by atoms with Gasteiger partial charge in [-0.05, 0) is 66.4 Å². The Morgan fingerprint density at radius 2 is 1.86 bits per heavy atom. The Morgan fingerprint density at radius 3 is 2.57 bits per heavy atom. The highest BCUT2D eigenvalue weighted by Gasteiger charge is 2.41. The molecule has 0 saturated carbocycles. The lowest BCUT2D eigenvalue weighted by atomic mass is 9.88. The van der Waals surface area contributed by atoms with Crippen LogP contribution in [0.4, 0.5) is 13.2 Å². The molecule has 1 spiro atoms. The van der Waals surface area contributed by atoms with Gasteiger partial charge in [0.05, 0.1) is 16.8 Å². The molecular formula is C28H26F3N3O3. The molecule has 0 radical (unpaired) electrons. The van der Waals surface area contributed by atoms with E-state index >= 15 is 0 Å². The monoisotopic (exact) mass is 509 g/mol. The first-order chi connectivity index (χ1) is 17.7. The maximum atomic E-state index is 13.5. The van der Waals surface area contributed by atoms with E-state index in [1.54, 1.807) is 42.7 Å². The van der Waals surface area contributed by atoms with Gasteiger partial charge in [0.25, 0.3) is 0 Å². The van der Waals surface area contributed by atoms with Gasteiger partial charge < -0.3 is 9.94 Å². The summed E-state index contributed by atoms with van der Waals surface area (Å²) in [5.41, 5.74) is 2.83. The van der Waals surface area contributed by atoms with Crippen LogP contribution >= 0.6 is 0 Å². The third-order valence-corrected chi connectivity index (χ3v) is 7.09. The number of nitrogens with zero attached hydrogens (tertiary/aromatic N) is 3. The van der Waals surface area contributed by atoms with Crippen LogP contribution in [0.3, 0.4) is 0 Å². The first-order valence-electron chi connectivity index (χ1n) is 12.1. The summed E-state index contributed by atoms with van der Waals surface area (Å²) in [6, 6.07) is 14.1. The summed E-state index contributed by atoms with van der Waals surface area (Å²) in [5.74, 6) is -0.982. The zero-order chi connectivity index (χ0) is 26.0. The number of carboxylic acid groups (broad SMARTS) is 1. The van der Waals surface area contributed by atoms with E-state index in [2.05, 4.69) is 15.0 Å². The van der Waals surface area contributed by atoms with Gasteiger partial charge >= 0.3 is 12.1 Å². The van der Waals surface area contributed by atoms with E-state index in [0.717, 1.165) is 47.9 Å². The Kier molecular flexibility index (Phi) is 6.72. The van der Waals surface area contributed by atoms with E-state index in [9.17, 15) is 18.0 Å². The minimum Gasteiger partial charge on any atom is -0.478 e. The average molecular weight is 510 g/mol. The van der Waals surface area contributed by atoms with E-state index in [-0.39, 0.29) is 5.56 Å². The van der Waals surface area contributed by atoms with Gasteiger partial charge in [-0.25, -0.2) is 4.79 Å². The van der Waals surface area contributed by atoms with E-state index in [4.69, 9.17) is 9.94 Å². The zero-order valence-corrected chi connectivity index (χ0v) is 20.0. The summed E-state index contributed by atoms with van der Waals surface area (Å²) in [7, 11) is 0. The first kappa shape index (κ1) is 25.0. The smallest absolute Gasteiger partial charge is 0.416 e. The topological polar surface area (TPSA) is 75.0 Å². The molecule has 2 aromatic carbocycles. The van der Waals surface area contributed by atoms with Crippen molar-refractivity contribution in [3.05, 3.63) is 89.2 Å². The van der Waals surface area contributed by atoms with Crippen molar-refractivity contribution in [2.75, 3.05) is 13.1 Å². The number of aromatic nitrogens is 1. The van der Waals surface area contributed by atoms with Gasteiger partial charge in [0.2, 0.25) is 0 Å². The lowest BCUT2D eigenvalue weighted by Crippen LogP contribution is -2.31. The van der Waals surface area contributed by atoms with Gasteiger partial charge in [-0.1, -0.05) is 29.4 Å². The number of hydrogen-bond donors (Lipinski definition) is 1. The number of rotatable bonds is 5. The highest BCUT2D eigenvalue weighted by Crippen LogP contribution is 2.38. The largest absolute Gasteiger partial charge is 0.478 e.